The summed E-state index contributed by atoms with van der Waals surface area (Å²) in [6.45, 7) is 1.61. The van der Waals surface area contributed by atoms with Crippen molar-refractivity contribution in [2.24, 2.45) is 0 Å². The Bertz CT molecular complexity index is 914. The van der Waals surface area contributed by atoms with Crippen LogP contribution in [0.25, 0.3) is 0 Å². The van der Waals surface area contributed by atoms with Gasteiger partial charge in [-0.2, -0.15) is 0 Å². The normalized spacial score (nSPS) is 17.3. The van der Waals surface area contributed by atoms with Gasteiger partial charge in [0.1, 0.15) is 11.4 Å². The molecule has 1 N–H and O–H groups in total. The number of ketones is 2. The van der Waals surface area contributed by atoms with Gasteiger partial charge in [0.05, 0.1) is 0 Å². The van der Waals surface area contributed by atoms with Gasteiger partial charge in [0.25, 0.3) is 0 Å². The third-order valence-electron chi connectivity index (χ3n) is 4.86. The summed E-state index contributed by atoms with van der Waals surface area (Å²) in [5.41, 5.74) is 2.64. The Morgan fingerprint density at radius 3 is 2.23 bits per heavy atom. The van der Waals surface area contributed by atoms with Crippen LogP contribution in [0.3, 0.4) is 0 Å². The highest BCUT2D eigenvalue weighted by molar-refractivity contribution is 9.10. The van der Waals surface area contributed by atoms with Gasteiger partial charge in [0, 0.05) is 34.4 Å². The molecular formula is C21H19BrN2O2. The van der Waals surface area contributed by atoms with Crippen LogP contribution in [-0.2, 0) is 0 Å². The number of halogens is 1. The molecule has 0 bridgehead atoms. The summed E-state index contributed by atoms with van der Waals surface area (Å²) in [5.74, 6) is -0.194. The van der Waals surface area contributed by atoms with Crippen molar-refractivity contribution in [1.29, 1.82) is 0 Å². The second kappa shape index (κ2) is 7.08. The molecule has 0 radical (unpaired) electrons. The fourth-order valence-corrected chi connectivity index (χ4v) is 4.01. The minimum absolute atomic E-state index is 0.0698. The Kier molecular flexibility index (Phi) is 4.64. The molecule has 2 aromatic rings. The van der Waals surface area contributed by atoms with Gasteiger partial charge in [-0.1, -0.05) is 46.3 Å². The smallest absolute Gasteiger partial charge is 0.212 e. The molecule has 0 amide bonds. The standard InChI is InChI=1S/C21H19BrN2O2/c22-14-7-6-8-15(13-14)23-18-19(24-11-4-1-5-12-24)21(26)17-10-3-2-9-16(17)20(18)25/h2-3,6-10,13,23H,1,4-5,11-12H2. The number of carbonyl (C=O) groups is 2. The van der Waals surface area contributed by atoms with Crippen LogP contribution in [0.2, 0.25) is 0 Å². The fourth-order valence-electron chi connectivity index (χ4n) is 3.61. The van der Waals surface area contributed by atoms with Crippen LogP contribution in [0.1, 0.15) is 40.0 Å². The van der Waals surface area contributed by atoms with Crippen molar-refractivity contribution in [1.82, 2.24) is 4.90 Å². The number of allylic oxidation sites excluding steroid dienone is 2. The van der Waals surface area contributed by atoms with E-state index < -0.39 is 0 Å². The summed E-state index contributed by atoms with van der Waals surface area (Å²) in [6, 6.07) is 14.7. The number of rotatable bonds is 3. The number of benzene rings is 2. The maximum absolute atomic E-state index is 13.2. The van der Waals surface area contributed by atoms with E-state index in [1.165, 1.54) is 0 Å². The van der Waals surface area contributed by atoms with E-state index in [9.17, 15) is 9.59 Å². The predicted octanol–water partition coefficient (Wildman–Crippen LogP) is 4.64. The van der Waals surface area contributed by atoms with Crippen molar-refractivity contribution >= 4 is 33.2 Å². The lowest BCUT2D eigenvalue weighted by atomic mass is 9.89. The second-order valence-electron chi connectivity index (χ2n) is 6.61. The number of hydrogen-bond donors (Lipinski definition) is 1. The maximum atomic E-state index is 13.2. The first-order valence-corrected chi connectivity index (χ1v) is 9.65. The van der Waals surface area contributed by atoms with E-state index in [0.29, 0.717) is 22.5 Å². The Balaban J connectivity index is 1.82. The summed E-state index contributed by atoms with van der Waals surface area (Å²) in [6.07, 6.45) is 3.24. The highest BCUT2D eigenvalue weighted by Crippen LogP contribution is 2.31. The lowest BCUT2D eigenvalue weighted by molar-refractivity contribution is 0.0935. The van der Waals surface area contributed by atoms with E-state index in [-0.39, 0.29) is 11.6 Å². The van der Waals surface area contributed by atoms with Gasteiger partial charge in [-0.05, 0) is 37.5 Å². The maximum Gasteiger partial charge on any atom is 0.212 e. The van der Waals surface area contributed by atoms with E-state index in [0.717, 1.165) is 42.5 Å². The first-order chi connectivity index (χ1) is 12.6. The van der Waals surface area contributed by atoms with Gasteiger partial charge in [0.15, 0.2) is 0 Å². The molecule has 0 saturated carbocycles. The molecule has 1 aliphatic heterocycles. The van der Waals surface area contributed by atoms with Crippen LogP contribution in [0, 0.1) is 0 Å². The Morgan fingerprint density at radius 1 is 0.846 bits per heavy atom. The summed E-state index contributed by atoms with van der Waals surface area (Å²) in [4.78, 5) is 28.5. The van der Waals surface area contributed by atoms with E-state index >= 15 is 0 Å². The van der Waals surface area contributed by atoms with Crippen molar-refractivity contribution in [3.8, 4) is 0 Å². The van der Waals surface area contributed by atoms with Crippen molar-refractivity contribution in [2.75, 3.05) is 18.4 Å². The summed E-state index contributed by atoms with van der Waals surface area (Å²) < 4.78 is 0.914. The van der Waals surface area contributed by atoms with E-state index in [2.05, 4.69) is 26.1 Å². The number of piperidine rings is 1. The molecule has 1 saturated heterocycles. The quantitative estimate of drug-likeness (QED) is 0.800. The van der Waals surface area contributed by atoms with Crippen LogP contribution >= 0.6 is 15.9 Å². The number of hydrogen-bond acceptors (Lipinski definition) is 4. The monoisotopic (exact) mass is 410 g/mol. The molecule has 0 atom stereocenters. The van der Waals surface area contributed by atoms with Crippen LogP contribution in [-0.4, -0.2) is 29.6 Å². The number of carbonyl (C=O) groups excluding carboxylic acids is 2. The van der Waals surface area contributed by atoms with Crippen LogP contribution in [0.4, 0.5) is 5.69 Å². The van der Waals surface area contributed by atoms with Gasteiger partial charge in [-0.25, -0.2) is 0 Å². The summed E-state index contributed by atoms with van der Waals surface area (Å²) in [5, 5.41) is 3.23. The van der Waals surface area contributed by atoms with Crippen LogP contribution < -0.4 is 5.32 Å². The lowest BCUT2D eigenvalue weighted by Gasteiger charge is -2.34. The number of nitrogens with one attached hydrogen (secondary N) is 1. The number of Topliss-reactive ketones (excluding diaryl/α,β-unsaturated/α-hetero) is 2. The molecule has 2 aliphatic rings. The highest BCUT2D eigenvalue weighted by Gasteiger charge is 2.35. The van der Waals surface area contributed by atoms with Crippen molar-refractivity contribution in [3.63, 3.8) is 0 Å². The van der Waals surface area contributed by atoms with Gasteiger partial charge < -0.3 is 10.2 Å². The highest BCUT2D eigenvalue weighted by atomic mass is 79.9. The molecule has 0 aromatic heterocycles. The largest absolute Gasteiger partial charge is 0.367 e. The number of nitrogens with zero attached hydrogens (tertiary/aromatic N) is 1. The zero-order valence-corrected chi connectivity index (χ0v) is 15.9. The average Bonchev–Trinajstić information content (AvgIpc) is 2.67. The minimum Gasteiger partial charge on any atom is -0.367 e. The first-order valence-electron chi connectivity index (χ1n) is 8.85. The number of anilines is 1. The molecule has 1 fully saturated rings. The molecule has 0 unspecified atom stereocenters. The molecule has 5 heteroatoms. The zero-order chi connectivity index (χ0) is 18.1. The third-order valence-corrected chi connectivity index (χ3v) is 5.35. The molecule has 132 valence electrons. The topological polar surface area (TPSA) is 49.4 Å². The SMILES string of the molecule is O=C1C(Nc2cccc(Br)c2)=C(N2CCCCC2)C(=O)c2ccccc21. The Morgan fingerprint density at radius 2 is 1.54 bits per heavy atom. The van der Waals surface area contributed by atoms with Gasteiger partial charge in [0.2, 0.25) is 11.6 Å². The molecule has 1 aliphatic carbocycles. The number of likely N-dealkylation sites (tertiary alicyclic amines) is 1. The van der Waals surface area contributed by atoms with Gasteiger partial charge in [-0.15, -0.1) is 0 Å². The number of fused-ring (bicyclic) bond motifs is 1. The van der Waals surface area contributed by atoms with E-state index in [1.54, 1.807) is 18.2 Å². The zero-order valence-electron chi connectivity index (χ0n) is 14.3. The van der Waals surface area contributed by atoms with Crippen LogP contribution in [0.5, 0.6) is 0 Å². The summed E-state index contributed by atoms with van der Waals surface area (Å²) >= 11 is 3.45. The Hall–Kier alpha value is -2.40. The Labute approximate surface area is 161 Å². The lowest BCUT2D eigenvalue weighted by Crippen LogP contribution is -2.39. The predicted molar refractivity (Wildman–Crippen MR) is 105 cm³/mol. The molecule has 0 spiro atoms. The third kappa shape index (κ3) is 3.07. The van der Waals surface area contributed by atoms with Gasteiger partial charge >= 0.3 is 0 Å². The molecule has 1 heterocycles. The molecular weight excluding hydrogens is 392 g/mol. The van der Waals surface area contributed by atoms with Crippen molar-refractivity contribution < 1.29 is 9.59 Å². The van der Waals surface area contributed by atoms with E-state index in [4.69, 9.17) is 0 Å². The molecule has 4 rings (SSSR count). The molecule has 2 aromatic carbocycles. The fraction of sp³-hybridized carbons (Fsp3) is 0.238. The summed E-state index contributed by atoms with van der Waals surface area (Å²) in [7, 11) is 0. The second-order valence-corrected chi connectivity index (χ2v) is 7.53. The minimum atomic E-state index is -0.124. The average molecular weight is 411 g/mol. The van der Waals surface area contributed by atoms with Crippen LogP contribution in [0.15, 0.2) is 64.4 Å². The van der Waals surface area contributed by atoms with E-state index in [1.807, 2.05) is 30.3 Å². The molecule has 4 nitrogen and oxygen atoms in total. The molecule has 26 heavy (non-hydrogen) atoms. The first kappa shape index (κ1) is 17.0. The van der Waals surface area contributed by atoms with Crippen molar-refractivity contribution in [2.45, 2.75) is 19.3 Å². The van der Waals surface area contributed by atoms with Crippen molar-refractivity contribution in [3.05, 3.63) is 75.5 Å². The van der Waals surface area contributed by atoms with Gasteiger partial charge in [-0.3, -0.25) is 9.59 Å².